The van der Waals surface area contributed by atoms with Crippen molar-refractivity contribution in [2.24, 2.45) is 5.92 Å². The highest BCUT2D eigenvalue weighted by molar-refractivity contribution is 5.78. The molecule has 1 aromatic rings. The van der Waals surface area contributed by atoms with Crippen molar-refractivity contribution in [1.29, 1.82) is 0 Å². The quantitative estimate of drug-likeness (QED) is 0.774. The van der Waals surface area contributed by atoms with Crippen LogP contribution in [0.1, 0.15) is 39.7 Å². The highest BCUT2D eigenvalue weighted by Crippen LogP contribution is 2.14. The molecule has 0 aromatic heterocycles. The number of carbonyl (C=O) groups is 1. The minimum absolute atomic E-state index is 0.0934. The molecule has 0 aliphatic carbocycles. The van der Waals surface area contributed by atoms with E-state index >= 15 is 0 Å². The lowest BCUT2D eigenvalue weighted by Gasteiger charge is -2.16. The lowest BCUT2D eigenvalue weighted by atomic mass is 10.0. The van der Waals surface area contributed by atoms with E-state index in [0.717, 1.165) is 17.7 Å². The summed E-state index contributed by atoms with van der Waals surface area (Å²) in [6.45, 7) is 8.19. The van der Waals surface area contributed by atoms with E-state index in [4.69, 9.17) is 4.74 Å². The molecule has 0 bridgehead atoms. The van der Waals surface area contributed by atoms with Gasteiger partial charge in [-0.15, -0.1) is 0 Å². The molecule has 0 aliphatic heterocycles. The van der Waals surface area contributed by atoms with Crippen LogP contribution in [0.25, 0.3) is 0 Å². The van der Waals surface area contributed by atoms with E-state index in [2.05, 4.69) is 5.32 Å². The van der Waals surface area contributed by atoms with Crippen molar-refractivity contribution < 1.29 is 14.6 Å². The first-order valence-electron chi connectivity index (χ1n) is 7.65. The molecule has 0 saturated carbocycles. The normalized spacial score (nSPS) is 13.8. The smallest absolute Gasteiger partial charge is 0.225 e. The molecular formula is C17H27NO3. The van der Waals surface area contributed by atoms with Crippen LogP contribution in [-0.2, 0) is 11.2 Å². The molecule has 0 radical (unpaired) electrons. The molecule has 0 saturated heterocycles. The van der Waals surface area contributed by atoms with Crippen LogP contribution in [0.3, 0.4) is 0 Å². The Hall–Kier alpha value is -1.55. The summed E-state index contributed by atoms with van der Waals surface area (Å²) >= 11 is 0. The fraction of sp³-hybridized carbons (Fsp3) is 0.588. The maximum Gasteiger partial charge on any atom is 0.225 e. The van der Waals surface area contributed by atoms with Crippen molar-refractivity contribution in [2.75, 3.05) is 6.54 Å². The van der Waals surface area contributed by atoms with Gasteiger partial charge in [-0.1, -0.05) is 26.0 Å². The number of hydrogen-bond donors (Lipinski definition) is 2. The second-order valence-electron chi connectivity index (χ2n) is 5.62. The van der Waals surface area contributed by atoms with E-state index < -0.39 is 6.10 Å². The Labute approximate surface area is 127 Å². The lowest BCUT2D eigenvalue weighted by molar-refractivity contribution is -0.127. The molecule has 0 unspecified atom stereocenters. The zero-order valence-corrected chi connectivity index (χ0v) is 13.4. The van der Waals surface area contributed by atoms with Crippen molar-refractivity contribution in [3.63, 3.8) is 0 Å². The molecule has 0 fully saturated rings. The Morgan fingerprint density at radius 3 is 2.38 bits per heavy atom. The van der Waals surface area contributed by atoms with Gasteiger partial charge in [0.05, 0.1) is 18.1 Å². The number of rotatable bonds is 8. The van der Waals surface area contributed by atoms with Crippen molar-refractivity contribution >= 4 is 5.91 Å². The summed E-state index contributed by atoms with van der Waals surface area (Å²) in [4.78, 5) is 11.8. The Bertz CT molecular complexity index is 428. The summed E-state index contributed by atoms with van der Waals surface area (Å²) in [6.07, 6.45) is 0.952. The summed E-state index contributed by atoms with van der Waals surface area (Å²) in [5.74, 6) is 0.401. The van der Waals surface area contributed by atoms with Crippen LogP contribution in [0.2, 0.25) is 0 Å². The third kappa shape index (κ3) is 6.17. The molecule has 0 spiro atoms. The standard InChI is InChI=1S/C17H27NO3/c1-5-16(19)13(4)17(20)18-11-10-14-6-8-15(9-7-14)21-12(2)3/h6-9,12-13,16,19H,5,10-11H2,1-4H3,(H,18,20)/t13-,16-/m1/s1. The van der Waals surface area contributed by atoms with Crippen LogP contribution in [0.15, 0.2) is 24.3 Å². The van der Waals surface area contributed by atoms with Crippen LogP contribution >= 0.6 is 0 Å². The molecule has 21 heavy (non-hydrogen) atoms. The van der Waals surface area contributed by atoms with Crippen molar-refractivity contribution in [3.8, 4) is 5.75 Å². The third-order valence-electron chi connectivity index (χ3n) is 3.42. The second kappa shape index (κ2) is 8.67. The molecule has 4 heteroatoms. The van der Waals surface area contributed by atoms with Crippen LogP contribution < -0.4 is 10.1 Å². The van der Waals surface area contributed by atoms with Crippen molar-refractivity contribution in [2.45, 2.75) is 52.7 Å². The average molecular weight is 293 g/mol. The summed E-state index contributed by atoms with van der Waals surface area (Å²) in [5, 5.41) is 12.5. The van der Waals surface area contributed by atoms with Crippen LogP contribution in [0.4, 0.5) is 0 Å². The lowest BCUT2D eigenvalue weighted by Crippen LogP contribution is -2.36. The Morgan fingerprint density at radius 2 is 1.86 bits per heavy atom. The van der Waals surface area contributed by atoms with Gasteiger partial charge in [0.2, 0.25) is 5.91 Å². The van der Waals surface area contributed by atoms with Crippen molar-refractivity contribution in [1.82, 2.24) is 5.32 Å². The summed E-state index contributed by atoms with van der Waals surface area (Å²) in [5.41, 5.74) is 1.15. The fourth-order valence-electron chi connectivity index (χ4n) is 2.03. The van der Waals surface area contributed by atoms with Gasteiger partial charge >= 0.3 is 0 Å². The van der Waals surface area contributed by atoms with Gasteiger partial charge in [0.15, 0.2) is 0 Å². The molecular weight excluding hydrogens is 266 g/mol. The second-order valence-corrected chi connectivity index (χ2v) is 5.62. The van der Waals surface area contributed by atoms with Gasteiger partial charge < -0.3 is 15.2 Å². The zero-order chi connectivity index (χ0) is 15.8. The van der Waals surface area contributed by atoms with Crippen LogP contribution in [0.5, 0.6) is 5.75 Å². The molecule has 0 aliphatic rings. The molecule has 0 heterocycles. The summed E-state index contributed by atoms with van der Waals surface area (Å²) in [7, 11) is 0. The molecule has 118 valence electrons. The first kappa shape index (κ1) is 17.5. The average Bonchev–Trinajstić information content (AvgIpc) is 2.46. The maximum absolute atomic E-state index is 11.8. The number of ether oxygens (including phenoxy) is 1. The minimum atomic E-state index is -0.572. The van der Waals surface area contributed by atoms with Gasteiger partial charge in [-0.25, -0.2) is 0 Å². The highest BCUT2D eigenvalue weighted by Gasteiger charge is 2.19. The summed E-state index contributed by atoms with van der Waals surface area (Å²) in [6, 6.07) is 7.91. The van der Waals surface area contributed by atoms with E-state index in [1.54, 1.807) is 6.92 Å². The largest absolute Gasteiger partial charge is 0.491 e. The van der Waals surface area contributed by atoms with E-state index in [-0.39, 0.29) is 17.9 Å². The van der Waals surface area contributed by atoms with E-state index in [9.17, 15) is 9.90 Å². The number of benzene rings is 1. The van der Waals surface area contributed by atoms with Gasteiger partial charge in [0.25, 0.3) is 0 Å². The predicted molar refractivity (Wildman–Crippen MR) is 84.4 cm³/mol. The Morgan fingerprint density at radius 1 is 1.24 bits per heavy atom. The fourth-order valence-corrected chi connectivity index (χ4v) is 2.03. The first-order valence-corrected chi connectivity index (χ1v) is 7.65. The van der Waals surface area contributed by atoms with Crippen molar-refractivity contribution in [3.05, 3.63) is 29.8 Å². The number of aliphatic hydroxyl groups excluding tert-OH is 1. The number of aliphatic hydroxyl groups is 1. The maximum atomic E-state index is 11.8. The molecule has 2 atom stereocenters. The Kier molecular flexibility index (Phi) is 7.23. The molecule has 1 amide bonds. The topological polar surface area (TPSA) is 58.6 Å². The SMILES string of the molecule is CC[C@@H](O)[C@@H](C)C(=O)NCCc1ccc(OC(C)C)cc1. The highest BCUT2D eigenvalue weighted by atomic mass is 16.5. The van der Waals surface area contributed by atoms with Gasteiger partial charge in [0, 0.05) is 6.54 Å². The summed E-state index contributed by atoms with van der Waals surface area (Å²) < 4.78 is 5.58. The van der Waals surface area contributed by atoms with Gasteiger partial charge in [-0.2, -0.15) is 0 Å². The third-order valence-corrected chi connectivity index (χ3v) is 3.42. The first-order chi connectivity index (χ1) is 9.93. The van der Waals surface area contributed by atoms with Gasteiger partial charge in [-0.3, -0.25) is 4.79 Å². The van der Waals surface area contributed by atoms with Gasteiger partial charge in [-0.05, 0) is 44.4 Å². The number of hydrogen-bond acceptors (Lipinski definition) is 3. The van der Waals surface area contributed by atoms with E-state index in [0.29, 0.717) is 13.0 Å². The van der Waals surface area contributed by atoms with Crippen LogP contribution in [0, 0.1) is 5.92 Å². The molecule has 1 rings (SSSR count). The monoisotopic (exact) mass is 293 g/mol. The van der Waals surface area contributed by atoms with Crippen LogP contribution in [-0.4, -0.2) is 29.8 Å². The molecule has 2 N–H and O–H groups in total. The number of nitrogens with one attached hydrogen (secondary N) is 1. The van der Waals surface area contributed by atoms with Gasteiger partial charge in [0.1, 0.15) is 5.75 Å². The molecule has 4 nitrogen and oxygen atoms in total. The Balaban J connectivity index is 2.37. The number of amides is 1. The molecule has 1 aromatic carbocycles. The minimum Gasteiger partial charge on any atom is -0.491 e. The predicted octanol–water partition coefficient (Wildman–Crippen LogP) is 2.54. The van der Waals surface area contributed by atoms with E-state index in [1.807, 2.05) is 45.0 Å². The van der Waals surface area contributed by atoms with E-state index in [1.165, 1.54) is 0 Å². The number of carbonyl (C=O) groups excluding carboxylic acids is 1. The zero-order valence-electron chi connectivity index (χ0n) is 13.4.